The molecule has 1 N–H and O–H groups in total. The fraction of sp³-hybridized carbons (Fsp3) is 0.364. The van der Waals surface area contributed by atoms with Crippen molar-refractivity contribution in [2.45, 2.75) is 61.7 Å². The van der Waals surface area contributed by atoms with E-state index in [1.807, 2.05) is 24.3 Å². The Morgan fingerprint density at radius 1 is 0.979 bits per heavy atom. The molecule has 2 saturated heterocycles. The number of carbonyl (C=O) groups excluding carboxylic acids is 2. The lowest BCUT2D eigenvalue weighted by molar-refractivity contribution is -0.137. The Bertz CT molecular complexity index is 1970. The number of sulfonamides is 1. The minimum atomic E-state index is -4.34. The second-order valence-electron chi connectivity index (χ2n) is 12.6. The van der Waals surface area contributed by atoms with E-state index in [1.165, 1.54) is 26.3 Å². The summed E-state index contributed by atoms with van der Waals surface area (Å²) in [5.74, 6) is -0.648. The van der Waals surface area contributed by atoms with Crippen molar-refractivity contribution in [1.29, 1.82) is 0 Å². The van der Waals surface area contributed by atoms with Crippen molar-refractivity contribution in [3.63, 3.8) is 0 Å². The number of hydrogen-bond acceptors (Lipinski definition) is 8. The molecular formula is C33H33Cl2N7O5S. The highest BCUT2D eigenvalue weighted by Gasteiger charge is 2.53. The lowest BCUT2D eigenvalue weighted by Gasteiger charge is -2.34. The lowest BCUT2D eigenvalue weighted by Crippen LogP contribution is -2.52. The van der Waals surface area contributed by atoms with Gasteiger partial charge in [-0.05, 0) is 61.9 Å². The molecule has 0 radical (unpaired) electrons. The Morgan fingerprint density at radius 3 is 2.35 bits per heavy atom. The smallest absolute Gasteiger partial charge is 0.261 e. The fourth-order valence-electron chi connectivity index (χ4n) is 7.03. The molecule has 0 bridgehead atoms. The third kappa shape index (κ3) is 5.67. The number of imidazole rings is 1. The van der Waals surface area contributed by atoms with E-state index >= 15 is 0 Å². The maximum Gasteiger partial charge on any atom is 0.261 e. The van der Waals surface area contributed by atoms with Crippen molar-refractivity contribution in [3.05, 3.63) is 83.0 Å². The van der Waals surface area contributed by atoms with Crippen LogP contribution in [0.4, 0.5) is 11.6 Å². The van der Waals surface area contributed by atoms with E-state index in [9.17, 15) is 23.1 Å². The Balaban J connectivity index is 1.29. The number of fused-ring (bicyclic) bond motifs is 1. The SMILES string of the molecule is C[C@@]1(Cc2ccc(-c3cncnc3)cc2)C(=O)N(c2cc(Cl)cc(Cl)c2)c2ncc(S(=O)(=O)N3CCC[C@H]3C(=O)N3CCCC(O)C3)n21. The first kappa shape index (κ1) is 32.7. The molecule has 4 aromatic rings. The van der Waals surface area contributed by atoms with Gasteiger partial charge in [-0.1, -0.05) is 47.5 Å². The van der Waals surface area contributed by atoms with Crippen LogP contribution >= 0.6 is 23.2 Å². The summed E-state index contributed by atoms with van der Waals surface area (Å²) in [5.41, 5.74) is 1.38. The normalized spacial score (nSPS) is 23.1. The number of aliphatic hydroxyl groups excluding tert-OH is 1. The number of aliphatic hydroxyl groups is 1. The molecule has 2 aromatic carbocycles. The van der Waals surface area contributed by atoms with Gasteiger partial charge in [-0.25, -0.2) is 28.3 Å². The quantitative estimate of drug-likeness (QED) is 0.297. The molecule has 15 heteroatoms. The van der Waals surface area contributed by atoms with Crippen LogP contribution in [0.1, 0.15) is 38.2 Å². The summed E-state index contributed by atoms with van der Waals surface area (Å²) in [4.78, 5) is 43.7. The molecule has 3 atom stereocenters. The molecule has 2 aromatic heterocycles. The first-order chi connectivity index (χ1) is 23.0. The Morgan fingerprint density at radius 2 is 1.67 bits per heavy atom. The molecule has 7 rings (SSSR count). The van der Waals surface area contributed by atoms with Gasteiger partial charge in [0, 0.05) is 54.1 Å². The number of carbonyl (C=O) groups is 2. The van der Waals surface area contributed by atoms with Gasteiger partial charge in [0.25, 0.3) is 15.9 Å². The number of hydrogen-bond donors (Lipinski definition) is 1. The molecule has 12 nitrogen and oxygen atoms in total. The van der Waals surface area contributed by atoms with Crippen LogP contribution in [-0.2, 0) is 31.6 Å². The average molecular weight is 711 g/mol. The Kier molecular flexibility index (Phi) is 8.53. The van der Waals surface area contributed by atoms with Gasteiger partial charge in [0.05, 0.1) is 18.0 Å². The highest BCUT2D eigenvalue weighted by atomic mass is 35.5. The molecule has 2 amide bonds. The van der Waals surface area contributed by atoms with Crippen LogP contribution in [0.2, 0.25) is 10.0 Å². The molecule has 2 fully saturated rings. The highest BCUT2D eigenvalue weighted by molar-refractivity contribution is 7.89. The summed E-state index contributed by atoms with van der Waals surface area (Å²) in [6, 6.07) is 11.3. The molecule has 0 aliphatic carbocycles. The Labute approximate surface area is 288 Å². The predicted molar refractivity (Wildman–Crippen MR) is 179 cm³/mol. The molecule has 48 heavy (non-hydrogen) atoms. The summed E-state index contributed by atoms with van der Waals surface area (Å²) >= 11 is 12.7. The number of amides is 2. The van der Waals surface area contributed by atoms with Crippen LogP contribution in [0.3, 0.4) is 0 Å². The van der Waals surface area contributed by atoms with E-state index in [2.05, 4.69) is 15.0 Å². The lowest BCUT2D eigenvalue weighted by atomic mass is 9.91. The third-order valence-corrected chi connectivity index (χ3v) is 11.6. The van der Waals surface area contributed by atoms with Crippen LogP contribution in [0.5, 0.6) is 0 Å². The summed E-state index contributed by atoms with van der Waals surface area (Å²) in [6.07, 6.45) is 7.70. The van der Waals surface area contributed by atoms with E-state index in [1.54, 1.807) is 42.4 Å². The van der Waals surface area contributed by atoms with Gasteiger partial charge in [-0.3, -0.25) is 14.2 Å². The van der Waals surface area contributed by atoms with Gasteiger partial charge in [0.15, 0.2) is 5.03 Å². The van der Waals surface area contributed by atoms with Gasteiger partial charge in [0.2, 0.25) is 11.9 Å². The minimum absolute atomic E-state index is 0.0960. The first-order valence-corrected chi connectivity index (χ1v) is 17.9. The van der Waals surface area contributed by atoms with Crippen molar-refractivity contribution in [2.75, 3.05) is 24.5 Å². The van der Waals surface area contributed by atoms with E-state index in [-0.39, 0.29) is 36.4 Å². The van der Waals surface area contributed by atoms with Crippen LogP contribution in [-0.4, -0.2) is 85.8 Å². The maximum atomic E-state index is 14.6. The average Bonchev–Trinajstić information content (AvgIpc) is 3.78. The number of rotatable bonds is 7. The molecular weight excluding hydrogens is 677 g/mol. The van der Waals surface area contributed by atoms with Gasteiger partial charge in [-0.2, -0.15) is 4.31 Å². The van der Waals surface area contributed by atoms with E-state index < -0.39 is 33.6 Å². The monoisotopic (exact) mass is 709 g/mol. The van der Waals surface area contributed by atoms with Crippen LogP contribution < -0.4 is 4.90 Å². The standard InChI is InChI=1S/C33H33Cl2N7O5S/c1-33(15-21-6-8-22(9-7-21)23-16-36-20-37-17-23)31(45)41(26-13-24(34)12-25(35)14-26)32-38-18-29(42(32)33)48(46,47)40-11-3-5-28(40)30(44)39-10-2-4-27(43)19-39/h6-9,12-14,16-18,20,27-28,43H,2-5,10-11,15,19H2,1H3/t27?,28-,33+/m0/s1. The van der Waals surface area contributed by atoms with Gasteiger partial charge in [-0.15, -0.1) is 0 Å². The molecule has 0 spiro atoms. The first-order valence-electron chi connectivity index (χ1n) is 15.7. The number of piperidine rings is 1. The summed E-state index contributed by atoms with van der Waals surface area (Å²) < 4.78 is 31.8. The zero-order valence-electron chi connectivity index (χ0n) is 26.0. The summed E-state index contributed by atoms with van der Waals surface area (Å²) in [6.45, 7) is 2.46. The molecule has 3 aliphatic heterocycles. The summed E-state index contributed by atoms with van der Waals surface area (Å²) in [7, 11) is -4.34. The van der Waals surface area contributed by atoms with E-state index in [0.29, 0.717) is 48.0 Å². The summed E-state index contributed by atoms with van der Waals surface area (Å²) in [5, 5.41) is 10.6. The molecule has 0 saturated carbocycles. The number of benzene rings is 2. The van der Waals surface area contributed by atoms with E-state index in [0.717, 1.165) is 16.7 Å². The second-order valence-corrected chi connectivity index (χ2v) is 15.3. The number of aromatic nitrogens is 4. The number of likely N-dealkylation sites (tertiary alicyclic amines) is 1. The van der Waals surface area contributed by atoms with Gasteiger partial charge < -0.3 is 10.0 Å². The van der Waals surface area contributed by atoms with Crippen LogP contribution in [0, 0.1) is 0 Å². The zero-order chi connectivity index (χ0) is 33.8. The van der Waals surface area contributed by atoms with Crippen molar-refractivity contribution in [1.82, 2.24) is 28.7 Å². The topological polar surface area (TPSA) is 142 Å². The number of nitrogens with zero attached hydrogens (tertiary/aromatic N) is 7. The van der Waals surface area contributed by atoms with Crippen LogP contribution in [0.25, 0.3) is 11.1 Å². The second kappa shape index (κ2) is 12.5. The van der Waals surface area contributed by atoms with Gasteiger partial charge in [0.1, 0.15) is 17.9 Å². The molecule has 250 valence electrons. The zero-order valence-corrected chi connectivity index (χ0v) is 28.4. The van der Waals surface area contributed by atoms with Crippen LogP contribution in [0.15, 0.2) is 72.4 Å². The predicted octanol–water partition coefficient (Wildman–Crippen LogP) is 4.42. The number of anilines is 2. The maximum absolute atomic E-state index is 14.6. The van der Waals surface area contributed by atoms with E-state index in [4.69, 9.17) is 23.2 Å². The number of β-amino-alcohol motifs (C(OH)–C–C–N with tert-alkyl or cyclic N) is 1. The molecule has 5 heterocycles. The Hall–Kier alpha value is -3.88. The molecule has 1 unspecified atom stereocenters. The highest BCUT2D eigenvalue weighted by Crippen LogP contribution is 2.45. The number of halogens is 2. The van der Waals surface area contributed by atoms with Crippen molar-refractivity contribution in [3.8, 4) is 11.1 Å². The largest absolute Gasteiger partial charge is 0.391 e. The third-order valence-electron chi connectivity index (χ3n) is 9.34. The van der Waals surface area contributed by atoms with Gasteiger partial charge >= 0.3 is 0 Å². The molecule has 3 aliphatic rings. The van der Waals surface area contributed by atoms with Crippen molar-refractivity contribution < 1.29 is 23.1 Å². The van der Waals surface area contributed by atoms with Crippen molar-refractivity contribution >= 4 is 56.7 Å². The van der Waals surface area contributed by atoms with Crippen molar-refractivity contribution in [2.24, 2.45) is 0 Å². The fourth-order valence-corrected chi connectivity index (χ4v) is 9.39. The minimum Gasteiger partial charge on any atom is -0.391 e.